The first-order chi connectivity index (χ1) is 12.0. The van der Waals surface area contributed by atoms with E-state index in [0.717, 1.165) is 0 Å². The van der Waals surface area contributed by atoms with Crippen molar-refractivity contribution in [2.45, 2.75) is 26.8 Å². The minimum Gasteiger partial charge on any atom is -0.494 e. The lowest BCUT2D eigenvalue weighted by Gasteiger charge is -2.17. The van der Waals surface area contributed by atoms with Crippen molar-refractivity contribution in [3.8, 4) is 11.5 Å². The molecular formula is C18H22N2O4S. The van der Waals surface area contributed by atoms with E-state index >= 15 is 0 Å². The molecule has 6 nitrogen and oxygen atoms in total. The maximum absolute atomic E-state index is 12.4. The van der Waals surface area contributed by atoms with Crippen LogP contribution < -0.4 is 20.1 Å². The van der Waals surface area contributed by atoms with Gasteiger partial charge in [0.2, 0.25) is 5.91 Å². The van der Waals surface area contributed by atoms with Gasteiger partial charge >= 0.3 is 0 Å². The fourth-order valence-electron chi connectivity index (χ4n) is 2.13. The third kappa shape index (κ3) is 5.22. The van der Waals surface area contributed by atoms with Crippen molar-refractivity contribution in [1.82, 2.24) is 5.32 Å². The monoisotopic (exact) mass is 362 g/mol. The number of nitrogens with one attached hydrogen (secondary N) is 2. The molecule has 134 valence electrons. The van der Waals surface area contributed by atoms with Gasteiger partial charge in [0.05, 0.1) is 23.8 Å². The maximum Gasteiger partial charge on any atom is 0.261 e. The summed E-state index contributed by atoms with van der Waals surface area (Å²) in [4.78, 5) is 25.0. The highest BCUT2D eigenvalue weighted by atomic mass is 32.1. The van der Waals surface area contributed by atoms with Crippen molar-refractivity contribution >= 4 is 28.8 Å². The molecule has 1 heterocycles. The molecular weight excluding hydrogens is 340 g/mol. The number of carbonyl (C=O) groups excluding carboxylic acids is 2. The fraction of sp³-hybridized carbons (Fsp3) is 0.333. The van der Waals surface area contributed by atoms with Crippen LogP contribution in [-0.4, -0.2) is 31.1 Å². The molecule has 2 rings (SSSR count). The standard InChI is InChI=1S/C18H22N2O4S/c1-4-23-13-8-9-15(24-5-2)14(11-13)20-17(21)12(3)19-18(22)16-7-6-10-25-16/h6-12H,4-5H2,1-3H3,(H,19,22)(H,20,21). The molecule has 0 radical (unpaired) electrons. The van der Waals surface area contributed by atoms with E-state index in [1.54, 1.807) is 37.3 Å². The van der Waals surface area contributed by atoms with Gasteiger partial charge in [-0.25, -0.2) is 0 Å². The zero-order chi connectivity index (χ0) is 18.2. The smallest absolute Gasteiger partial charge is 0.261 e. The van der Waals surface area contributed by atoms with Crippen LogP contribution in [0.4, 0.5) is 5.69 Å². The van der Waals surface area contributed by atoms with Gasteiger partial charge < -0.3 is 20.1 Å². The molecule has 1 aromatic carbocycles. The Morgan fingerprint density at radius 3 is 2.56 bits per heavy atom. The number of hydrogen-bond donors (Lipinski definition) is 2. The van der Waals surface area contributed by atoms with Gasteiger partial charge in [-0.05, 0) is 44.4 Å². The maximum atomic E-state index is 12.4. The summed E-state index contributed by atoms with van der Waals surface area (Å²) >= 11 is 1.32. The second-order valence-electron chi connectivity index (χ2n) is 5.19. The Morgan fingerprint density at radius 1 is 1.16 bits per heavy atom. The third-order valence-corrected chi connectivity index (χ3v) is 4.17. The number of benzene rings is 1. The van der Waals surface area contributed by atoms with E-state index in [1.165, 1.54) is 11.3 Å². The van der Waals surface area contributed by atoms with Gasteiger partial charge in [0.15, 0.2) is 0 Å². The number of hydrogen-bond acceptors (Lipinski definition) is 5. The summed E-state index contributed by atoms with van der Waals surface area (Å²) < 4.78 is 11.0. The van der Waals surface area contributed by atoms with E-state index in [2.05, 4.69) is 10.6 Å². The molecule has 1 atom stereocenters. The summed E-state index contributed by atoms with van der Waals surface area (Å²) in [5.41, 5.74) is 0.509. The molecule has 25 heavy (non-hydrogen) atoms. The first kappa shape index (κ1) is 18.8. The van der Waals surface area contributed by atoms with Crippen LogP contribution in [0.3, 0.4) is 0 Å². The number of anilines is 1. The molecule has 0 aliphatic carbocycles. The summed E-state index contributed by atoms with van der Waals surface area (Å²) in [6, 6.07) is 8.05. The molecule has 2 aromatic rings. The SMILES string of the molecule is CCOc1ccc(OCC)c(NC(=O)C(C)NC(=O)c2cccs2)c1. The molecule has 2 amide bonds. The van der Waals surface area contributed by atoms with Crippen LogP contribution in [0.15, 0.2) is 35.7 Å². The van der Waals surface area contributed by atoms with E-state index in [1.807, 2.05) is 19.2 Å². The molecule has 2 N–H and O–H groups in total. The summed E-state index contributed by atoms with van der Waals surface area (Å²) in [6.45, 7) is 6.38. The molecule has 0 fully saturated rings. The van der Waals surface area contributed by atoms with Crippen molar-refractivity contribution in [3.63, 3.8) is 0 Å². The first-order valence-electron chi connectivity index (χ1n) is 8.10. The zero-order valence-electron chi connectivity index (χ0n) is 14.5. The Hall–Kier alpha value is -2.54. The Morgan fingerprint density at radius 2 is 1.92 bits per heavy atom. The van der Waals surface area contributed by atoms with E-state index in [0.29, 0.717) is 35.3 Å². The summed E-state index contributed by atoms with van der Waals surface area (Å²) in [5, 5.41) is 7.28. The average Bonchev–Trinajstić information content (AvgIpc) is 3.12. The normalized spacial score (nSPS) is 11.5. The van der Waals surface area contributed by atoms with Crippen LogP contribution in [0, 0.1) is 0 Å². The Balaban J connectivity index is 2.07. The second-order valence-corrected chi connectivity index (χ2v) is 6.13. The minimum atomic E-state index is -0.695. The summed E-state index contributed by atoms with van der Waals surface area (Å²) in [7, 11) is 0. The summed E-state index contributed by atoms with van der Waals surface area (Å²) in [6.07, 6.45) is 0. The predicted octanol–water partition coefficient (Wildman–Crippen LogP) is 3.30. The molecule has 0 aliphatic heterocycles. The van der Waals surface area contributed by atoms with Crippen LogP contribution in [0.5, 0.6) is 11.5 Å². The Kier molecular flexibility index (Phi) is 6.82. The highest BCUT2D eigenvalue weighted by molar-refractivity contribution is 7.12. The molecule has 7 heteroatoms. The lowest BCUT2D eigenvalue weighted by Crippen LogP contribution is -2.41. The van der Waals surface area contributed by atoms with Crippen molar-refractivity contribution in [1.29, 1.82) is 0 Å². The van der Waals surface area contributed by atoms with Gasteiger partial charge in [-0.2, -0.15) is 0 Å². The van der Waals surface area contributed by atoms with Crippen LogP contribution in [0.25, 0.3) is 0 Å². The Labute approximate surface area is 151 Å². The molecule has 1 unspecified atom stereocenters. The molecule has 0 spiro atoms. The van der Waals surface area contributed by atoms with Gasteiger partial charge in [-0.1, -0.05) is 6.07 Å². The topological polar surface area (TPSA) is 76.7 Å². The average molecular weight is 362 g/mol. The summed E-state index contributed by atoms with van der Waals surface area (Å²) in [5.74, 6) is 0.581. The number of ether oxygens (including phenoxy) is 2. The predicted molar refractivity (Wildman–Crippen MR) is 98.7 cm³/mol. The van der Waals surface area contributed by atoms with Crippen molar-refractivity contribution in [3.05, 3.63) is 40.6 Å². The number of rotatable bonds is 8. The third-order valence-electron chi connectivity index (χ3n) is 3.31. The largest absolute Gasteiger partial charge is 0.494 e. The zero-order valence-corrected chi connectivity index (χ0v) is 15.3. The highest BCUT2D eigenvalue weighted by Crippen LogP contribution is 2.29. The van der Waals surface area contributed by atoms with Gasteiger partial charge in [-0.15, -0.1) is 11.3 Å². The number of thiophene rings is 1. The van der Waals surface area contributed by atoms with E-state index in [-0.39, 0.29) is 11.8 Å². The molecule has 0 saturated heterocycles. The Bertz CT molecular complexity index is 716. The molecule has 0 aliphatic rings. The molecule has 1 aromatic heterocycles. The van der Waals surface area contributed by atoms with Crippen LogP contribution in [-0.2, 0) is 4.79 Å². The van der Waals surface area contributed by atoms with Crippen molar-refractivity contribution in [2.75, 3.05) is 18.5 Å². The minimum absolute atomic E-state index is 0.272. The number of carbonyl (C=O) groups is 2. The van der Waals surface area contributed by atoms with Gasteiger partial charge in [0.1, 0.15) is 17.5 Å². The molecule has 0 saturated carbocycles. The van der Waals surface area contributed by atoms with E-state index in [9.17, 15) is 9.59 Å². The van der Waals surface area contributed by atoms with Gasteiger partial charge in [-0.3, -0.25) is 9.59 Å². The van der Waals surface area contributed by atoms with Crippen molar-refractivity contribution in [2.24, 2.45) is 0 Å². The quantitative estimate of drug-likeness (QED) is 0.755. The second kappa shape index (κ2) is 9.08. The highest BCUT2D eigenvalue weighted by Gasteiger charge is 2.19. The fourth-order valence-corrected chi connectivity index (χ4v) is 2.75. The lowest BCUT2D eigenvalue weighted by molar-refractivity contribution is -0.117. The van der Waals surface area contributed by atoms with Gasteiger partial charge in [0.25, 0.3) is 5.91 Å². The van der Waals surface area contributed by atoms with Crippen LogP contribution in [0.2, 0.25) is 0 Å². The lowest BCUT2D eigenvalue weighted by atomic mass is 10.2. The first-order valence-corrected chi connectivity index (χ1v) is 8.98. The van der Waals surface area contributed by atoms with Crippen molar-refractivity contribution < 1.29 is 19.1 Å². The van der Waals surface area contributed by atoms with Crippen LogP contribution in [0.1, 0.15) is 30.4 Å². The molecule has 0 bridgehead atoms. The van der Waals surface area contributed by atoms with Gasteiger partial charge in [0, 0.05) is 6.07 Å². The van der Waals surface area contributed by atoms with E-state index < -0.39 is 6.04 Å². The van der Waals surface area contributed by atoms with E-state index in [4.69, 9.17) is 9.47 Å². The van der Waals surface area contributed by atoms with Crippen LogP contribution >= 0.6 is 11.3 Å². The number of amides is 2.